The number of hydrogen-bond acceptors (Lipinski definition) is 5. The van der Waals surface area contributed by atoms with E-state index < -0.39 is 36.9 Å². The van der Waals surface area contributed by atoms with Crippen molar-refractivity contribution in [3.8, 4) is 0 Å². The molecule has 0 saturated carbocycles. The SMILES string of the molecule is CCCCCCCCCCCCCCC/C=C\C/C=C\CCCCCCCCCCCCCCCCCCC(O)C(=O)NC(CO)C(O)C(O)CCCCCCCCCCCCCCCCCC. The molecule has 0 aromatic carbocycles. The standard InChI is InChI=1S/C62H121NO5/c1-3-5-7-9-11-13-15-17-19-21-22-23-24-25-26-27-28-29-30-31-32-33-34-35-36-37-38-39-40-42-44-46-48-50-52-54-56-60(66)62(68)63-58(57-64)61(67)59(65)55-53-51-49-47-45-43-41-20-18-16-14-12-10-8-6-4-2/h26-27,29-30,58-61,64-67H,3-25,28,31-57H2,1-2H3,(H,63,68)/b27-26-,30-29-. The Morgan fingerprint density at radius 2 is 0.632 bits per heavy atom. The van der Waals surface area contributed by atoms with Crippen molar-refractivity contribution < 1.29 is 25.2 Å². The van der Waals surface area contributed by atoms with Crippen LogP contribution in [0.25, 0.3) is 0 Å². The molecule has 4 unspecified atom stereocenters. The number of carbonyl (C=O) groups excluding carboxylic acids is 1. The van der Waals surface area contributed by atoms with Gasteiger partial charge in [-0.05, 0) is 44.9 Å². The van der Waals surface area contributed by atoms with Crippen LogP contribution in [-0.2, 0) is 4.79 Å². The van der Waals surface area contributed by atoms with Crippen molar-refractivity contribution in [3.63, 3.8) is 0 Å². The maximum Gasteiger partial charge on any atom is 0.249 e. The second-order valence-corrected chi connectivity index (χ2v) is 21.4. The van der Waals surface area contributed by atoms with Gasteiger partial charge in [-0.1, -0.05) is 314 Å². The summed E-state index contributed by atoms with van der Waals surface area (Å²) in [6.45, 7) is 4.09. The Balaban J connectivity index is 3.54. The van der Waals surface area contributed by atoms with E-state index in [0.29, 0.717) is 12.8 Å². The Kier molecular flexibility index (Phi) is 55.7. The van der Waals surface area contributed by atoms with Crippen molar-refractivity contribution in [3.05, 3.63) is 24.3 Å². The van der Waals surface area contributed by atoms with E-state index in [1.165, 1.54) is 263 Å². The van der Waals surface area contributed by atoms with E-state index in [4.69, 9.17) is 0 Å². The molecule has 0 saturated heterocycles. The predicted octanol–water partition coefficient (Wildman–Crippen LogP) is 18.2. The zero-order chi connectivity index (χ0) is 49.5. The van der Waals surface area contributed by atoms with Gasteiger partial charge < -0.3 is 25.7 Å². The molecule has 6 nitrogen and oxygen atoms in total. The summed E-state index contributed by atoms with van der Waals surface area (Å²) in [5.74, 6) is -0.579. The van der Waals surface area contributed by atoms with Crippen molar-refractivity contribution in [2.75, 3.05) is 6.61 Å². The predicted molar refractivity (Wildman–Crippen MR) is 298 cm³/mol. The molecule has 0 aliphatic heterocycles. The van der Waals surface area contributed by atoms with E-state index in [9.17, 15) is 25.2 Å². The average Bonchev–Trinajstić information content (AvgIpc) is 3.34. The van der Waals surface area contributed by atoms with Crippen LogP contribution in [0.1, 0.15) is 335 Å². The number of nitrogens with one attached hydrogen (secondary N) is 1. The van der Waals surface area contributed by atoms with Crippen LogP contribution in [0.4, 0.5) is 0 Å². The molecular weight excluding hydrogens is 839 g/mol. The number of carbonyl (C=O) groups is 1. The van der Waals surface area contributed by atoms with E-state index in [1.54, 1.807) is 0 Å². The van der Waals surface area contributed by atoms with Crippen LogP contribution in [0.3, 0.4) is 0 Å². The van der Waals surface area contributed by atoms with Gasteiger partial charge in [0.05, 0.1) is 18.8 Å². The Hall–Kier alpha value is -1.21. The number of allylic oxidation sites excluding steroid dienone is 4. The van der Waals surface area contributed by atoms with Crippen molar-refractivity contribution >= 4 is 5.91 Å². The molecule has 4 atom stereocenters. The Bertz CT molecular complexity index is 1030. The lowest BCUT2D eigenvalue weighted by Crippen LogP contribution is -2.53. The van der Waals surface area contributed by atoms with Crippen molar-refractivity contribution in [2.45, 2.75) is 359 Å². The van der Waals surface area contributed by atoms with Crippen molar-refractivity contribution in [1.29, 1.82) is 0 Å². The van der Waals surface area contributed by atoms with Gasteiger partial charge in [0.15, 0.2) is 0 Å². The molecular formula is C62H121NO5. The first-order chi connectivity index (χ1) is 33.5. The van der Waals surface area contributed by atoms with Crippen LogP contribution < -0.4 is 5.32 Å². The fourth-order valence-electron chi connectivity index (χ4n) is 9.85. The van der Waals surface area contributed by atoms with Crippen LogP contribution >= 0.6 is 0 Å². The molecule has 1 amide bonds. The smallest absolute Gasteiger partial charge is 0.249 e. The minimum Gasteiger partial charge on any atom is -0.394 e. The van der Waals surface area contributed by atoms with E-state index in [1.807, 2.05) is 0 Å². The summed E-state index contributed by atoms with van der Waals surface area (Å²) in [5, 5.41) is 44.0. The number of amides is 1. The molecule has 68 heavy (non-hydrogen) atoms. The zero-order valence-electron chi connectivity index (χ0n) is 45.9. The molecule has 0 fully saturated rings. The molecule has 6 heteroatoms. The minimum atomic E-state index is -1.26. The summed E-state index contributed by atoms with van der Waals surface area (Å²) in [7, 11) is 0. The molecule has 0 aromatic rings. The monoisotopic (exact) mass is 960 g/mol. The lowest BCUT2D eigenvalue weighted by atomic mass is 9.99. The van der Waals surface area contributed by atoms with Crippen molar-refractivity contribution in [1.82, 2.24) is 5.32 Å². The lowest BCUT2D eigenvalue weighted by Gasteiger charge is -2.27. The summed E-state index contributed by atoms with van der Waals surface area (Å²) >= 11 is 0. The Morgan fingerprint density at radius 1 is 0.368 bits per heavy atom. The third kappa shape index (κ3) is 49.8. The molecule has 0 radical (unpaired) electrons. The molecule has 0 aromatic heterocycles. The van der Waals surface area contributed by atoms with Gasteiger partial charge in [-0.25, -0.2) is 0 Å². The molecule has 0 bridgehead atoms. The highest BCUT2D eigenvalue weighted by molar-refractivity contribution is 5.80. The third-order valence-electron chi connectivity index (χ3n) is 14.7. The quantitative estimate of drug-likeness (QED) is 0.0308. The summed E-state index contributed by atoms with van der Waals surface area (Å²) in [4.78, 5) is 12.6. The van der Waals surface area contributed by atoms with Gasteiger partial charge in [-0.15, -0.1) is 0 Å². The first kappa shape index (κ1) is 66.8. The van der Waals surface area contributed by atoms with Crippen LogP contribution in [-0.4, -0.2) is 57.3 Å². The van der Waals surface area contributed by atoms with Gasteiger partial charge >= 0.3 is 0 Å². The van der Waals surface area contributed by atoms with E-state index in [-0.39, 0.29) is 0 Å². The van der Waals surface area contributed by atoms with E-state index >= 15 is 0 Å². The number of rotatable bonds is 57. The van der Waals surface area contributed by atoms with Gasteiger partial charge in [0.2, 0.25) is 5.91 Å². The highest BCUT2D eigenvalue weighted by atomic mass is 16.3. The summed E-state index contributed by atoms with van der Waals surface area (Å²) < 4.78 is 0. The van der Waals surface area contributed by atoms with Gasteiger partial charge in [0, 0.05) is 0 Å². The average molecular weight is 961 g/mol. The fourth-order valence-corrected chi connectivity index (χ4v) is 9.85. The topological polar surface area (TPSA) is 110 Å². The number of aliphatic hydroxyl groups is 4. The number of hydrogen-bond donors (Lipinski definition) is 5. The maximum absolute atomic E-state index is 12.6. The normalized spacial score (nSPS) is 13.8. The van der Waals surface area contributed by atoms with E-state index in [0.717, 1.165) is 44.9 Å². The molecule has 0 aliphatic carbocycles. The highest BCUT2D eigenvalue weighted by Crippen LogP contribution is 2.18. The summed E-state index contributed by atoms with van der Waals surface area (Å²) in [5.41, 5.74) is 0. The van der Waals surface area contributed by atoms with Gasteiger partial charge in [0.1, 0.15) is 12.2 Å². The first-order valence-electron chi connectivity index (χ1n) is 30.7. The number of aliphatic hydroxyl groups excluding tert-OH is 4. The van der Waals surface area contributed by atoms with Crippen LogP contribution in [0.2, 0.25) is 0 Å². The molecule has 0 spiro atoms. The molecule has 0 aliphatic rings. The maximum atomic E-state index is 12.6. The molecule has 0 heterocycles. The number of unbranched alkanes of at least 4 members (excludes halogenated alkanes) is 44. The van der Waals surface area contributed by atoms with Gasteiger partial charge in [0.25, 0.3) is 0 Å². The largest absolute Gasteiger partial charge is 0.394 e. The van der Waals surface area contributed by atoms with Crippen molar-refractivity contribution in [2.24, 2.45) is 0 Å². The summed E-state index contributed by atoms with van der Waals surface area (Å²) in [6, 6.07) is -0.984. The fraction of sp³-hybridized carbons (Fsp3) is 0.919. The van der Waals surface area contributed by atoms with Crippen LogP contribution in [0, 0.1) is 0 Å². The third-order valence-corrected chi connectivity index (χ3v) is 14.7. The Morgan fingerprint density at radius 3 is 0.926 bits per heavy atom. The van der Waals surface area contributed by atoms with Crippen LogP contribution in [0.5, 0.6) is 0 Å². The van der Waals surface area contributed by atoms with Gasteiger partial charge in [-0.2, -0.15) is 0 Å². The second-order valence-electron chi connectivity index (χ2n) is 21.4. The van der Waals surface area contributed by atoms with Crippen LogP contribution in [0.15, 0.2) is 24.3 Å². The minimum absolute atomic E-state index is 0.372. The lowest BCUT2D eigenvalue weighted by molar-refractivity contribution is -0.132. The molecule has 5 N–H and O–H groups in total. The Labute approximate surface area is 425 Å². The molecule has 0 rings (SSSR count). The highest BCUT2D eigenvalue weighted by Gasteiger charge is 2.28. The summed E-state index contributed by atoms with van der Waals surface area (Å²) in [6.07, 6.45) is 69.9. The zero-order valence-corrected chi connectivity index (χ0v) is 45.9. The van der Waals surface area contributed by atoms with Gasteiger partial charge in [-0.3, -0.25) is 4.79 Å². The molecule has 404 valence electrons. The van der Waals surface area contributed by atoms with E-state index in [2.05, 4.69) is 43.5 Å². The second kappa shape index (κ2) is 56.7. The first-order valence-corrected chi connectivity index (χ1v) is 30.7.